The fourth-order valence-corrected chi connectivity index (χ4v) is 2.08. The van der Waals surface area contributed by atoms with Gasteiger partial charge in [-0.25, -0.2) is 0 Å². The van der Waals surface area contributed by atoms with Gasteiger partial charge in [0.05, 0.1) is 0 Å². The number of hydrogen-bond acceptors (Lipinski definition) is 0. The minimum atomic E-state index is 0.562. The van der Waals surface area contributed by atoms with E-state index in [0.29, 0.717) is 5.41 Å². The van der Waals surface area contributed by atoms with Crippen molar-refractivity contribution in [2.45, 2.75) is 80.1 Å². The standard InChI is InChI=1S/C15H32/c1-7-8-14(4)10-12-15(5,6)11-9-13(2)3/h13-14H,7-12H2,1-6H3. The van der Waals surface area contributed by atoms with E-state index in [2.05, 4.69) is 41.5 Å². The zero-order chi connectivity index (χ0) is 11.9. The second-order valence-corrected chi connectivity index (χ2v) is 6.53. The molecular formula is C15H32. The van der Waals surface area contributed by atoms with Crippen LogP contribution in [0.5, 0.6) is 0 Å². The van der Waals surface area contributed by atoms with E-state index in [4.69, 9.17) is 0 Å². The summed E-state index contributed by atoms with van der Waals surface area (Å²) < 4.78 is 0. The van der Waals surface area contributed by atoms with Gasteiger partial charge in [0.25, 0.3) is 0 Å². The number of hydrogen-bond donors (Lipinski definition) is 0. The molecule has 0 aromatic rings. The van der Waals surface area contributed by atoms with Crippen molar-refractivity contribution in [2.24, 2.45) is 17.3 Å². The zero-order valence-corrected chi connectivity index (χ0v) is 11.9. The Labute approximate surface area is 97.8 Å². The largest absolute Gasteiger partial charge is 0.0654 e. The van der Waals surface area contributed by atoms with Gasteiger partial charge in [0, 0.05) is 0 Å². The van der Waals surface area contributed by atoms with Crippen LogP contribution in [0.2, 0.25) is 0 Å². The van der Waals surface area contributed by atoms with Crippen molar-refractivity contribution >= 4 is 0 Å². The Morgan fingerprint density at radius 1 is 0.867 bits per heavy atom. The highest BCUT2D eigenvalue weighted by molar-refractivity contribution is 4.70. The lowest BCUT2D eigenvalue weighted by molar-refractivity contribution is 0.254. The third-order valence-electron chi connectivity index (χ3n) is 3.49. The van der Waals surface area contributed by atoms with Crippen LogP contribution in [-0.4, -0.2) is 0 Å². The molecule has 0 fully saturated rings. The molecule has 0 saturated carbocycles. The highest BCUT2D eigenvalue weighted by Crippen LogP contribution is 2.32. The SMILES string of the molecule is CCCC(C)CCC(C)(C)CCC(C)C. The average molecular weight is 212 g/mol. The van der Waals surface area contributed by atoms with E-state index in [1.165, 1.54) is 38.5 Å². The molecule has 1 unspecified atom stereocenters. The maximum Gasteiger partial charge on any atom is -0.0354 e. The molecule has 15 heavy (non-hydrogen) atoms. The quantitative estimate of drug-likeness (QED) is 0.486. The van der Waals surface area contributed by atoms with Crippen molar-refractivity contribution in [1.29, 1.82) is 0 Å². The van der Waals surface area contributed by atoms with Crippen LogP contribution in [-0.2, 0) is 0 Å². The molecule has 0 amide bonds. The summed E-state index contributed by atoms with van der Waals surface area (Å²) in [5, 5.41) is 0. The molecule has 0 radical (unpaired) electrons. The molecule has 0 aromatic carbocycles. The summed E-state index contributed by atoms with van der Waals surface area (Å²) in [5.74, 6) is 1.78. The van der Waals surface area contributed by atoms with E-state index in [9.17, 15) is 0 Å². The molecule has 0 aromatic heterocycles. The van der Waals surface area contributed by atoms with Crippen LogP contribution in [0.3, 0.4) is 0 Å². The fraction of sp³-hybridized carbons (Fsp3) is 1.00. The monoisotopic (exact) mass is 212 g/mol. The second-order valence-electron chi connectivity index (χ2n) is 6.53. The first-order valence-electron chi connectivity index (χ1n) is 6.87. The number of rotatable bonds is 8. The Bertz CT molecular complexity index is 144. The third-order valence-corrected chi connectivity index (χ3v) is 3.49. The average Bonchev–Trinajstić information content (AvgIpc) is 2.13. The Kier molecular flexibility index (Phi) is 7.30. The van der Waals surface area contributed by atoms with Crippen LogP contribution < -0.4 is 0 Å². The molecule has 0 nitrogen and oxygen atoms in total. The molecular weight excluding hydrogens is 180 g/mol. The van der Waals surface area contributed by atoms with Crippen LogP contribution in [0.1, 0.15) is 80.1 Å². The lowest BCUT2D eigenvalue weighted by Gasteiger charge is -2.27. The van der Waals surface area contributed by atoms with E-state index in [-0.39, 0.29) is 0 Å². The Balaban J connectivity index is 3.72. The summed E-state index contributed by atoms with van der Waals surface area (Å²) >= 11 is 0. The molecule has 0 saturated heterocycles. The van der Waals surface area contributed by atoms with E-state index in [1.54, 1.807) is 0 Å². The summed E-state index contributed by atoms with van der Waals surface area (Å²) in [5.41, 5.74) is 0.562. The van der Waals surface area contributed by atoms with Crippen molar-refractivity contribution in [3.63, 3.8) is 0 Å². The van der Waals surface area contributed by atoms with E-state index < -0.39 is 0 Å². The molecule has 0 spiro atoms. The highest BCUT2D eigenvalue weighted by atomic mass is 14.2. The van der Waals surface area contributed by atoms with Gasteiger partial charge in [0.15, 0.2) is 0 Å². The molecule has 0 N–H and O–H groups in total. The molecule has 0 aliphatic rings. The van der Waals surface area contributed by atoms with Crippen LogP contribution in [0, 0.1) is 17.3 Å². The Morgan fingerprint density at radius 2 is 1.40 bits per heavy atom. The maximum absolute atomic E-state index is 2.44. The first-order valence-corrected chi connectivity index (χ1v) is 6.87. The molecule has 0 bridgehead atoms. The van der Waals surface area contributed by atoms with Crippen LogP contribution >= 0.6 is 0 Å². The van der Waals surface area contributed by atoms with Gasteiger partial charge < -0.3 is 0 Å². The fourth-order valence-electron chi connectivity index (χ4n) is 2.08. The Hall–Kier alpha value is 0. The Morgan fingerprint density at radius 3 is 1.87 bits per heavy atom. The topological polar surface area (TPSA) is 0 Å². The first kappa shape index (κ1) is 15.0. The lowest BCUT2D eigenvalue weighted by Crippen LogP contribution is -2.14. The normalized spacial score (nSPS) is 14.6. The highest BCUT2D eigenvalue weighted by Gasteiger charge is 2.18. The van der Waals surface area contributed by atoms with Gasteiger partial charge in [-0.1, -0.05) is 67.2 Å². The molecule has 0 aliphatic heterocycles. The van der Waals surface area contributed by atoms with Gasteiger partial charge in [-0.2, -0.15) is 0 Å². The molecule has 0 heterocycles. The molecule has 1 atom stereocenters. The molecule has 0 heteroatoms. The van der Waals surface area contributed by atoms with Crippen molar-refractivity contribution in [3.8, 4) is 0 Å². The van der Waals surface area contributed by atoms with Crippen LogP contribution in [0.25, 0.3) is 0 Å². The van der Waals surface area contributed by atoms with Gasteiger partial charge in [0.2, 0.25) is 0 Å². The summed E-state index contributed by atoms with van der Waals surface area (Å²) in [6, 6.07) is 0. The van der Waals surface area contributed by atoms with Crippen LogP contribution in [0.4, 0.5) is 0 Å². The predicted octanol–water partition coefficient (Wildman–Crippen LogP) is 5.67. The maximum atomic E-state index is 2.44. The summed E-state index contributed by atoms with van der Waals surface area (Å²) in [7, 11) is 0. The van der Waals surface area contributed by atoms with Crippen LogP contribution in [0.15, 0.2) is 0 Å². The van der Waals surface area contributed by atoms with Crippen molar-refractivity contribution in [3.05, 3.63) is 0 Å². The van der Waals surface area contributed by atoms with E-state index >= 15 is 0 Å². The van der Waals surface area contributed by atoms with Gasteiger partial charge >= 0.3 is 0 Å². The summed E-state index contributed by atoms with van der Waals surface area (Å²) in [6.45, 7) is 14.2. The predicted molar refractivity (Wildman–Crippen MR) is 71.2 cm³/mol. The van der Waals surface area contributed by atoms with Gasteiger partial charge in [-0.15, -0.1) is 0 Å². The lowest BCUT2D eigenvalue weighted by atomic mass is 9.79. The third kappa shape index (κ3) is 8.96. The first-order chi connectivity index (χ1) is 6.87. The van der Waals surface area contributed by atoms with Gasteiger partial charge in [-0.3, -0.25) is 0 Å². The van der Waals surface area contributed by atoms with Crippen molar-refractivity contribution in [2.75, 3.05) is 0 Å². The second kappa shape index (κ2) is 7.30. The van der Waals surface area contributed by atoms with Crippen molar-refractivity contribution < 1.29 is 0 Å². The molecule has 0 aliphatic carbocycles. The summed E-state index contributed by atoms with van der Waals surface area (Å²) in [6.07, 6.45) is 8.34. The van der Waals surface area contributed by atoms with E-state index in [1.807, 2.05) is 0 Å². The minimum absolute atomic E-state index is 0.562. The van der Waals surface area contributed by atoms with Gasteiger partial charge in [0.1, 0.15) is 0 Å². The molecule has 92 valence electrons. The zero-order valence-electron chi connectivity index (χ0n) is 11.9. The molecule has 0 rings (SSSR count). The van der Waals surface area contributed by atoms with Crippen molar-refractivity contribution in [1.82, 2.24) is 0 Å². The summed E-state index contributed by atoms with van der Waals surface area (Å²) in [4.78, 5) is 0. The smallest absolute Gasteiger partial charge is 0.0354 e. The minimum Gasteiger partial charge on any atom is -0.0654 e. The van der Waals surface area contributed by atoms with E-state index in [0.717, 1.165) is 11.8 Å². The van der Waals surface area contributed by atoms with Gasteiger partial charge in [-0.05, 0) is 30.1 Å².